The van der Waals surface area contributed by atoms with Crippen molar-refractivity contribution in [2.24, 2.45) is 0 Å². The molecule has 2 rings (SSSR count). The van der Waals surface area contributed by atoms with Gasteiger partial charge in [-0.3, -0.25) is 4.79 Å². The Labute approximate surface area is 98.0 Å². The third-order valence-electron chi connectivity index (χ3n) is 2.61. The molecule has 1 aromatic rings. The van der Waals surface area contributed by atoms with Crippen LogP contribution in [0.15, 0.2) is 18.2 Å². The van der Waals surface area contributed by atoms with Crippen LogP contribution in [0.3, 0.4) is 0 Å². The first-order chi connectivity index (χ1) is 8.22. The molecule has 4 nitrogen and oxygen atoms in total. The van der Waals surface area contributed by atoms with E-state index >= 15 is 0 Å². The van der Waals surface area contributed by atoms with Crippen molar-refractivity contribution in [1.82, 2.24) is 0 Å². The van der Waals surface area contributed by atoms with Crippen LogP contribution in [0.4, 0.5) is 10.1 Å². The second kappa shape index (κ2) is 4.93. The van der Waals surface area contributed by atoms with Crippen LogP contribution in [0.5, 0.6) is 0 Å². The smallest absolute Gasteiger partial charge is 0.253 e. The van der Waals surface area contributed by atoms with Crippen LogP contribution in [0.2, 0.25) is 0 Å². The Morgan fingerprint density at radius 1 is 1.59 bits per heavy atom. The maximum Gasteiger partial charge on any atom is 0.253 e. The number of amides is 1. The maximum atomic E-state index is 13.3. The summed E-state index contributed by atoms with van der Waals surface area (Å²) in [5.74, 6) is -0.970. The van der Waals surface area contributed by atoms with E-state index in [4.69, 9.17) is 10.00 Å². The van der Waals surface area contributed by atoms with Gasteiger partial charge in [0, 0.05) is 6.61 Å². The van der Waals surface area contributed by atoms with Gasteiger partial charge in [-0.05, 0) is 25.0 Å². The van der Waals surface area contributed by atoms with Crippen molar-refractivity contribution in [3.63, 3.8) is 0 Å². The minimum Gasteiger partial charge on any atom is -0.368 e. The van der Waals surface area contributed by atoms with Gasteiger partial charge in [0.25, 0.3) is 5.91 Å². The summed E-state index contributed by atoms with van der Waals surface area (Å²) in [5.41, 5.74) is 0.0341. The number of nitrogens with one attached hydrogen (secondary N) is 1. The predicted molar refractivity (Wildman–Crippen MR) is 58.7 cm³/mol. The zero-order chi connectivity index (χ0) is 12.3. The molecule has 0 radical (unpaired) electrons. The Hall–Kier alpha value is -1.93. The molecule has 1 amide bonds. The number of anilines is 1. The molecule has 1 atom stereocenters. The number of ether oxygens (including phenoxy) is 1. The first-order valence-corrected chi connectivity index (χ1v) is 5.33. The Balaban J connectivity index is 2.16. The summed E-state index contributed by atoms with van der Waals surface area (Å²) >= 11 is 0. The third-order valence-corrected chi connectivity index (χ3v) is 2.61. The summed E-state index contributed by atoms with van der Waals surface area (Å²) in [6.07, 6.45) is 1.000. The number of carbonyl (C=O) groups is 1. The first-order valence-electron chi connectivity index (χ1n) is 5.33. The van der Waals surface area contributed by atoms with Gasteiger partial charge in [0.2, 0.25) is 0 Å². The molecule has 1 N–H and O–H groups in total. The fourth-order valence-corrected chi connectivity index (χ4v) is 1.74. The summed E-state index contributed by atoms with van der Waals surface area (Å²) in [6, 6.07) is 5.85. The Bertz CT molecular complexity index is 476. The van der Waals surface area contributed by atoms with Crippen LogP contribution in [0.25, 0.3) is 0 Å². The molecule has 0 spiro atoms. The number of hydrogen-bond acceptors (Lipinski definition) is 3. The Kier molecular flexibility index (Phi) is 3.35. The highest BCUT2D eigenvalue weighted by Crippen LogP contribution is 2.20. The highest BCUT2D eigenvalue weighted by atomic mass is 19.1. The van der Waals surface area contributed by atoms with Crippen LogP contribution in [0, 0.1) is 17.1 Å². The van der Waals surface area contributed by atoms with Gasteiger partial charge in [0.1, 0.15) is 23.6 Å². The number of hydrogen-bond donors (Lipinski definition) is 1. The highest BCUT2D eigenvalue weighted by molar-refractivity contribution is 5.95. The predicted octanol–water partition coefficient (Wildman–Crippen LogP) is 1.81. The number of carbonyl (C=O) groups excluding carboxylic acids is 1. The van der Waals surface area contributed by atoms with E-state index in [1.54, 1.807) is 6.07 Å². The van der Waals surface area contributed by atoms with Gasteiger partial charge in [-0.2, -0.15) is 5.26 Å². The molecule has 1 aliphatic rings. The van der Waals surface area contributed by atoms with Crippen LogP contribution in [0.1, 0.15) is 18.4 Å². The second-order valence-electron chi connectivity index (χ2n) is 3.77. The molecule has 88 valence electrons. The quantitative estimate of drug-likeness (QED) is 0.848. The van der Waals surface area contributed by atoms with E-state index in [1.165, 1.54) is 18.2 Å². The van der Waals surface area contributed by atoms with Crippen molar-refractivity contribution in [2.75, 3.05) is 11.9 Å². The lowest BCUT2D eigenvalue weighted by Gasteiger charge is -2.11. The van der Waals surface area contributed by atoms with Crippen molar-refractivity contribution in [3.05, 3.63) is 29.6 Å². The lowest BCUT2D eigenvalue weighted by atomic mass is 10.1. The topological polar surface area (TPSA) is 62.1 Å². The summed E-state index contributed by atoms with van der Waals surface area (Å²) in [4.78, 5) is 11.7. The Morgan fingerprint density at radius 2 is 2.41 bits per heavy atom. The number of halogens is 1. The number of nitriles is 1. The van der Waals surface area contributed by atoms with E-state index in [1.807, 2.05) is 0 Å². The standard InChI is InChI=1S/C12H11FN2O2/c13-9-3-1-4-10(8(9)7-14)15-12(16)11-5-2-6-17-11/h1,3-4,11H,2,5-6H2,(H,15,16). The van der Waals surface area contributed by atoms with Gasteiger partial charge in [-0.25, -0.2) is 4.39 Å². The lowest BCUT2D eigenvalue weighted by Crippen LogP contribution is -2.27. The van der Waals surface area contributed by atoms with Crippen LogP contribution < -0.4 is 5.32 Å². The summed E-state index contributed by atoms with van der Waals surface area (Å²) in [5, 5.41) is 11.3. The molecule has 0 bridgehead atoms. The number of rotatable bonds is 2. The van der Waals surface area contributed by atoms with Crippen LogP contribution in [-0.4, -0.2) is 18.6 Å². The van der Waals surface area contributed by atoms with E-state index < -0.39 is 11.9 Å². The molecule has 5 heteroatoms. The van der Waals surface area contributed by atoms with Gasteiger partial charge in [0.05, 0.1) is 5.69 Å². The largest absolute Gasteiger partial charge is 0.368 e. The van der Waals surface area contributed by atoms with Gasteiger partial charge in [-0.1, -0.05) is 6.07 Å². The van der Waals surface area contributed by atoms with Gasteiger partial charge in [0.15, 0.2) is 0 Å². The van der Waals surface area contributed by atoms with Crippen molar-refractivity contribution in [3.8, 4) is 6.07 Å². The molecule has 1 heterocycles. The molecule has 1 fully saturated rings. The fourth-order valence-electron chi connectivity index (χ4n) is 1.74. The summed E-state index contributed by atoms with van der Waals surface area (Å²) in [7, 11) is 0. The van der Waals surface area contributed by atoms with E-state index in [0.29, 0.717) is 13.0 Å². The molecule has 0 aromatic heterocycles. The first kappa shape index (κ1) is 11.6. The number of benzene rings is 1. The minimum atomic E-state index is -0.641. The lowest BCUT2D eigenvalue weighted by molar-refractivity contribution is -0.124. The average Bonchev–Trinajstić information content (AvgIpc) is 2.82. The molecule has 0 aliphatic carbocycles. The van der Waals surface area contributed by atoms with Gasteiger partial charge >= 0.3 is 0 Å². The zero-order valence-corrected chi connectivity index (χ0v) is 9.07. The van der Waals surface area contributed by atoms with Crippen molar-refractivity contribution >= 4 is 11.6 Å². The molecular formula is C12H11FN2O2. The monoisotopic (exact) mass is 234 g/mol. The van der Waals surface area contributed by atoms with E-state index in [2.05, 4.69) is 5.32 Å². The van der Waals surface area contributed by atoms with Crippen molar-refractivity contribution in [1.29, 1.82) is 5.26 Å². The van der Waals surface area contributed by atoms with Crippen molar-refractivity contribution in [2.45, 2.75) is 18.9 Å². The highest BCUT2D eigenvalue weighted by Gasteiger charge is 2.24. The third kappa shape index (κ3) is 2.43. The van der Waals surface area contributed by atoms with E-state index in [0.717, 1.165) is 6.42 Å². The molecule has 1 unspecified atom stereocenters. The SMILES string of the molecule is N#Cc1c(F)cccc1NC(=O)C1CCCO1. The number of nitrogens with zero attached hydrogens (tertiary/aromatic N) is 1. The molecule has 1 aliphatic heterocycles. The second-order valence-corrected chi connectivity index (χ2v) is 3.77. The van der Waals surface area contributed by atoms with Crippen molar-refractivity contribution < 1.29 is 13.9 Å². The Morgan fingerprint density at radius 3 is 3.06 bits per heavy atom. The van der Waals surface area contributed by atoms with E-state index in [-0.39, 0.29) is 17.2 Å². The molecule has 1 aromatic carbocycles. The summed E-state index contributed by atoms with van der Waals surface area (Å²) < 4.78 is 18.5. The van der Waals surface area contributed by atoms with E-state index in [9.17, 15) is 9.18 Å². The average molecular weight is 234 g/mol. The van der Waals surface area contributed by atoms with Gasteiger partial charge < -0.3 is 10.1 Å². The molecule has 0 saturated carbocycles. The zero-order valence-electron chi connectivity index (χ0n) is 9.07. The van der Waals surface area contributed by atoms with Crippen LogP contribution >= 0.6 is 0 Å². The van der Waals surface area contributed by atoms with Crippen LogP contribution in [-0.2, 0) is 9.53 Å². The molecule has 1 saturated heterocycles. The fraction of sp³-hybridized carbons (Fsp3) is 0.333. The molecule has 17 heavy (non-hydrogen) atoms. The maximum absolute atomic E-state index is 13.3. The minimum absolute atomic E-state index is 0.154. The molecular weight excluding hydrogens is 223 g/mol. The summed E-state index contributed by atoms with van der Waals surface area (Å²) in [6.45, 7) is 0.562. The normalized spacial score (nSPS) is 18.7. The van der Waals surface area contributed by atoms with Gasteiger partial charge in [-0.15, -0.1) is 0 Å².